The van der Waals surface area contributed by atoms with Crippen LogP contribution >= 0.6 is 23.7 Å². The van der Waals surface area contributed by atoms with Gasteiger partial charge < -0.3 is 10.4 Å². The maximum absolute atomic E-state index is 11.1. The van der Waals surface area contributed by atoms with E-state index >= 15 is 0 Å². The van der Waals surface area contributed by atoms with Crippen molar-refractivity contribution in [2.75, 3.05) is 6.54 Å². The lowest BCUT2D eigenvalue weighted by Crippen LogP contribution is -2.25. The number of hydrogen-bond donors (Lipinski definition) is 2. The van der Waals surface area contributed by atoms with Crippen molar-refractivity contribution in [1.82, 2.24) is 5.32 Å². The first-order chi connectivity index (χ1) is 7.49. The number of rotatable bonds is 3. The Labute approximate surface area is 112 Å². The van der Waals surface area contributed by atoms with Gasteiger partial charge in [0.25, 0.3) is 0 Å². The molecule has 5 heteroatoms. The van der Waals surface area contributed by atoms with Crippen molar-refractivity contribution < 1.29 is 9.90 Å². The number of carboxylic acids is 1. The summed E-state index contributed by atoms with van der Waals surface area (Å²) in [7, 11) is 0. The molecule has 1 aromatic heterocycles. The Hall–Kier alpha value is -0.580. The van der Waals surface area contributed by atoms with E-state index in [4.69, 9.17) is 5.11 Å². The van der Waals surface area contributed by atoms with E-state index in [0.717, 1.165) is 19.5 Å². The summed E-state index contributed by atoms with van der Waals surface area (Å²) in [6.07, 6.45) is 1.70. The maximum atomic E-state index is 11.1. The highest BCUT2D eigenvalue weighted by atomic mass is 35.5. The van der Waals surface area contributed by atoms with Gasteiger partial charge in [-0.05, 0) is 38.3 Å². The molecule has 3 nitrogen and oxygen atoms in total. The molecule has 0 unspecified atom stereocenters. The second-order valence-electron chi connectivity index (χ2n) is 4.95. The standard InChI is InChI=1S/C12H17NO2S.ClH/c1-12(2,11(14)15)6-9-5-8-7-13-4-3-10(8)16-9;/h5,13H,3-4,6-7H2,1-2H3,(H,14,15);1H. The van der Waals surface area contributed by atoms with Gasteiger partial charge in [0.15, 0.2) is 0 Å². The molecule has 0 bridgehead atoms. The fourth-order valence-electron chi connectivity index (χ4n) is 1.91. The molecule has 0 atom stereocenters. The lowest BCUT2D eigenvalue weighted by atomic mass is 9.89. The highest BCUT2D eigenvalue weighted by molar-refractivity contribution is 7.12. The van der Waals surface area contributed by atoms with Crippen molar-refractivity contribution in [3.63, 3.8) is 0 Å². The first-order valence-corrected chi connectivity index (χ1v) is 6.35. The molecular formula is C12H18ClNO2S. The van der Waals surface area contributed by atoms with Crippen LogP contribution in [0.5, 0.6) is 0 Å². The van der Waals surface area contributed by atoms with Crippen LogP contribution in [-0.2, 0) is 24.2 Å². The summed E-state index contributed by atoms with van der Waals surface area (Å²) in [4.78, 5) is 13.7. The van der Waals surface area contributed by atoms with Crippen molar-refractivity contribution in [1.29, 1.82) is 0 Å². The van der Waals surface area contributed by atoms with Crippen LogP contribution in [0.1, 0.15) is 29.2 Å². The van der Waals surface area contributed by atoms with E-state index in [1.807, 2.05) is 0 Å². The van der Waals surface area contributed by atoms with Gasteiger partial charge in [0, 0.05) is 22.8 Å². The minimum atomic E-state index is -0.725. The van der Waals surface area contributed by atoms with Crippen LogP contribution in [0.25, 0.3) is 0 Å². The largest absolute Gasteiger partial charge is 0.481 e. The quantitative estimate of drug-likeness (QED) is 0.891. The monoisotopic (exact) mass is 275 g/mol. The molecule has 2 rings (SSSR count). The van der Waals surface area contributed by atoms with Crippen LogP contribution in [0, 0.1) is 5.41 Å². The SMILES string of the molecule is CC(C)(Cc1cc2c(s1)CCNC2)C(=O)O.Cl. The molecular weight excluding hydrogens is 258 g/mol. The van der Waals surface area contributed by atoms with Gasteiger partial charge in [-0.1, -0.05) is 0 Å². The third-order valence-corrected chi connectivity index (χ3v) is 4.22. The van der Waals surface area contributed by atoms with Gasteiger partial charge in [-0.25, -0.2) is 0 Å². The fraction of sp³-hybridized carbons (Fsp3) is 0.583. The normalized spacial score (nSPS) is 14.9. The number of fused-ring (bicyclic) bond motifs is 1. The minimum Gasteiger partial charge on any atom is -0.481 e. The summed E-state index contributed by atoms with van der Waals surface area (Å²) >= 11 is 1.78. The molecule has 2 heterocycles. The zero-order valence-electron chi connectivity index (χ0n) is 10.1. The van der Waals surface area contributed by atoms with Crippen molar-refractivity contribution in [2.24, 2.45) is 5.41 Å². The molecule has 0 fully saturated rings. The summed E-state index contributed by atoms with van der Waals surface area (Å²) in [5.41, 5.74) is 0.688. The third kappa shape index (κ3) is 3.21. The van der Waals surface area contributed by atoms with E-state index < -0.39 is 11.4 Å². The predicted octanol–water partition coefficient (Wildman–Crippen LogP) is 2.47. The molecule has 0 aromatic carbocycles. The van der Waals surface area contributed by atoms with Gasteiger partial charge in [-0.2, -0.15) is 0 Å². The van der Waals surface area contributed by atoms with Crippen LogP contribution in [0.3, 0.4) is 0 Å². The van der Waals surface area contributed by atoms with Crippen LogP contribution in [0.4, 0.5) is 0 Å². The van der Waals surface area contributed by atoms with Crippen LogP contribution < -0.4 is 5.32 Å². The Morgan fingerprint density at radius 3 is 2.88 bits per heavy atom. The molecule has 2 N–H and O–H groups in total. The lowest BCUT2D eigenvalue weighted by Gasteiger charge is -2.17. The molecule has 17 heavy (non-hydrogen) atoms. The molecule has 0 aliphatic carbocycles. The zero-order chi connectivity index (χ0) is 11.8. The Morgan fingerprint density at radius 1 is 1.59 bits per heavy atom. The van der Waals surface area contributed by atoms with Crippen LogP contribution in [0.2, 0.25) is 0 Å². The van der Waals surface area contributed by atoms with E-state index in [0.29, 0.717) is 6.42 Å². The summed E-state index contributed by atoms with van der Waals surface area (Å²) in [5.74, 6) is -0.725. The molecule has 96 valence electrons. The highest BCUT2D eigenvalue weighted by Crippen LogP contribution is 2.30. The molecule has 0 saturated heterocycles. The van der Waals surface area contributed by atoms with E-state index in [1.54, 1.807) is 25.2 Å². The van der Waals surface area contributed by atoms with E-state index in [1.165, 1.54) is 15.3 Å². The number of nitrogens with one attached hydrogen (secondary N) is 1. The van der Waals surface area contributed by atoms with Crippen LogP contribution in [-0.4, -0.2) is 17.6 Å². The number of carbonyl (C=O) groups is 1. The maximum Gasteiger partial charge on any atom is 0.309 e. The van der Waals surface area contributed by atoms with Crippen LogP contribution in [0.15, 0.2) is 6.07 Å². The highest BCUT2D eigenvalue weighted by Gasteiger charge is 2.28. The van der Waals surface area contributed by atoms with Crippen molar-refractivity contribution in [2.45, 2.75) is 33.2 Å². The van der Waals surface area contributed by atoms with Crippen molar-refractivity contribution >= 4 is 29.7 Å². The smallest absolute Gasteiger partial charge is 0.309 e. The zero-order valence-corrected chi connectivity index (χ0v) is 11.7. The number of aliphatic carboxylic acids is 1. The fourth-order valence-corrected chi connectivity index (χ4v) is 3.33. The van der Waals surface area contributed by atoms with Gasteiger partial charge in [0.2, 0.25) is 0 Å². The summed E-state index contributed by atoms with van der Waals surface area (Å²) in [6.45, 7) is 5.53. The molecule has 1 aliphatic heterocycles. The number of carboxylic acid groups (broad SMARTS) is 1. The van der Waals surface area contributed by atoms with E-state index in [9.17, 15) is 4.79 Å². The molecule has 0 spiro atoms. The van der Waals surface area contributed by atoms with Crippen molar-refractivity contribution in [3.8, 4) is 0 Å². The first kappa shape index (κ1) is 14.5. The van der Waals surface area contributed by atoms with Gasteiger partial charge in [0.05, 0.1) is 5.41 Å². The molecule has 0 saturated carbocycles. The summed E-state index contributed by atoms with van der Waals surface area (Å²) in [6, 6.07) is 2.16. The van der Waals surface area contributed by atoms with E-state index in [-0.39, 0.29) is 12.4 Å². The second-order valence-corrected chi connectivity index (χ2v) is 6.18. The number of thiophene rings is 1. The van der Waals surface area contributed by atoms with Gasteiger partial charge in [-0.3, -0.25) is 4.79 Å². The predicted molar refractivity (Wildman–Crippen MR) is 72.1 cm³/mol. The van der Waals surface area contributed by atoms with Gasteiger partial charge in [-0.15, -0.1) is 23.7 Å². The number of hydrogen-bond acceptors (Lipinski definition) is 3. The number of halogens is 1. The van der Waals surface area contributed by atoms with Gasteiger partial charge >= 0.3 is 5.97 Å². The van der Waals surface area contributed by atoms with Gasteiger partial charge in [0.1, 0.15) is 0 Å². The molecule has 0 radical (unpaired) electrons. The summed E-state index contributed by atoms with van der Waals surface area (Å²) < 4.78 is 0. The minimum absolute atomic E-state index is 0. The molecule has 1 aliphatic rings. The second kappa shape index (κ2) is 5.38. The average Bonchev–Trinajstić information content (AvgIpc) is 2.58. The Bertz CT molecular complexity index is 391. The molecule has 0 amide bonds. The Kier molecular flexibility index (Phi) is 4.58. The average molecular weight is 276 g/mol. The Balaban J connectivity index is 0.00000144. The summed E-state index contributed by atoms with van der Waals surface area (Å²) in [5, 5.41) is 12.4. The Morgan fingerprint density at radius 2 is 2.29 bits per heavy atom. The van der Waals surface area contributed by atoms with Crippen molar-refractivity contribution in [3.05, 3.63) is 21.4 Å². The lowest BCUT2D eigenvalue weighted by molar-refractivity contribution is -0.146. The van der Waals surface area contributed by atoms with E-state index in [2.05, 4.69) is 11.4 Å². The third-order valence-electron chi connectivity index (χ3n) is 2.99. The topological polar surface area (TPSA) is 49.3 Å². The molecule has 1 aromatic rings. The first-order valence-electron chi connectivity index (χ1n) is 5.53.